The lowest BCUT2D eigenvalue weighted by Crippen LogP contribution is -2.57. The first-order chi connectivity index (χ1) is 25.8. The smallest absolute Gasteiger partial charge is 0.243 e. The molecule has 288 valence electrons. The minimum Gasteiger partial charge on any atom is -0.508 e. The zero-order valence-electron chi connectivity index (χ0n) is 30.0. The topological polar surface area (TPSA) is 315 Å². The number of nitrogens with zero attached hydrogens (tertiary/aromatic N) is 2. The molecule has 3 rings (SSSR count). The zero-order valence-corrected chi connectivity index (χ0v) is 30.0. The summed E-state index contributed by atoms with van der Waals surface area (Å²) in [6.07, 6.45) is 0.991. The summed E-state index contributed by atoms with van der Waals surface area (Å²) >= 11 is 0. The van der Waals surface area contributed by atoms with Gasteiger partial charge >= 0.3 is 0 Å². The number of hydrogen-bond donors (Lipinski definition) is 11. The Morgan fingerprint density at radius 2 is 1.15 bits per heavy atom. The van der Waals surface area contributed by atoms with E-state index in [9.17, 15) is 24.3 Å². The molecule has 0 aliphatic rings. The van der Waals surface area contributed by atoms with Crippen molar-refractivity contribution >= 4 is 41.4 Å². The maximum Gasteiger partial charge on any atom is 0.243 e. The van der Waals surface area contributed by atoms with Gasteiger partial charge < -0.3 is 55.0 Å². The number of benzene rings is 3. The van der Waals surface area contributed by atoms with E-state index in [-0.39, 0.29) is 68.8 Å². The Kier molecular flexibility index (Phi) is 16.7. The number of rotatable bonds is 21. The fourth-order valence-corrected chi connectivity index (χ4v) is 5.31. The molecule has 0 unspecified atom stereocenters. The highest BCUT2D eigenvalue weighted by molar-refractivity contribution is 5.95. The first-order valence-corrected chi connectivity index (χ1v) is 17.3. The van der Waals surface area contributed by atoms with E-state index in [0.29, 0.717) is 24.0 Å². The van der Waals surface area contributed by atoms with Gasteiger partial charge in [-0.05, 0) is 54.5 Å². The molecule has 17 nitrogen and oxygen atoms in total. The van der Waals surface area contributed by atoms with Gasteiger partial charge in [0.2, 0.25) is 23.6 Å². The van der Waals surface area contributed by atoms with Crippen molar-refractivity contribution in [3.63, 3.8) is 0 Å². The molecule has 0 spiro atoms. The predicted octanol–water partition coefficient (Wildman–Crippen LogP) is -0.661. The van der Waals surface area contributed by atoms with Gasteiger partial charge in [-0.1, -0.05) is 66.7 Å². The number of phenols is 1. The van der Waals surface area contributed by atoms with Crippen molar-refractivity contribution in [2.45, 2.75) is 63.2 Å². The van der Waals surface area contributed by atoms with Crippen LogP contribution in [0.15, 0.2) is 88.8 Å². The van der Waals surface area contributed by atoms with Crippen LogP contribution in [0.5, 0.6) is 5.75 Å². The van der Waals surface area contributed by atoms with Gasteiger partial charge in [0, 0.05) is 31.6 Å². The summed E-state index contributed by atoms with van der Waals surface area (Å²) in [7, 11) is 0. The van der Waals surface area contributed by atoms with Gasteiger partial charge in [-0.2, -0.15) is 0 Å². The Morgan fingerprint density at radius 1 is 0.630 bits per heavy atom. The maximum absolute atomic E-state index is 14.0. The van der Waals surface area contributed by atoms with Crippen LogP contribution in [0.3, 0.4) is 0 Å². The molecule has 3 aromatic rings. The third-order valence-corrected chi connectivity index (χ3v) is 8.12. The van der Waals surface area contributed by atoms with Gasteiger partial charge in [0.25, 0.3) is 0 Å². The third kappa shape index (κ3) is 15.3. The van der Waals surface area contributed by atoms with Crippen LogP contribution in [0.2, 0.25) is 0 Å². The molecule has 0 aliphatic carbocycles. The Morgan fingerprint density at radius 3 is 1.70 bits per heavy atom. The second-order valence-electron chi connectivity index (χ2n) is 12.5. The van der Waals surface area contributed by atoms with Crippen molar-refractivity contribution in [1.29, 1.82) is 5.41 Å². The number of aromatic hydroxyl groups is 1. The Bertz CT molecular complexity index is 1760. The van der Waals surface area contributed by atoms with Gasteiger partial charge in [0.1, 0.15) is 29.7 Å². The summed E-state index contributed by atoms with van der Waals surface area (Å²) in [5.74, 6) is -2.51. The molecule has 0 aliphatic heterocycles. The quantitative estimate of drug-likeness (QED) is 0.0372. The van der Waals surface area contributed by atoms with Crippen molar-refractivity contribution in [2.24, 2.45) is 38.7 Å². The fourth-order valence-electron chi connectivity index (χ4n) is 5.31. The van der Waals surface area contributed by atoms with Gasteiger partial charge in [0.15, 0.2) is 11.9 Å². The molecule has 0 radical (unpaired) electrons. The molecule has 0 bridgehead atoms. The monoisotopic (exact) mass is 742 g/mol. The fraction of sp³-hybridized carbons (Fsp3) is 0.324. The molecular formula is C37H50N12O5. The van der Waals surface area contributed by atoms with E-state index in [1.807, 2.05) is 6.07 Å². The largest absolute Gasteiger partial charge is 0.508 e. The van der Waals surface area contributed by atoms with E-state index < -0.39 is 41.8 Å². The van der Waals surface area contributed by atoms with Crippen LogP contribution in [0, 0.1) is 5.41 Å². The summed E-state index contributed by atoms with van der Waals surface area (Å²) in [5, 5.41) is 28.6. The second kappa shape index (κ2) is 21.7. The molecule has 4 amide bonds. The van der Waals surface area contributed by atoms with Crippen molar-refractivity contribution in [3.05, 3.63) is 101 Å². The van der Waals surface area contributed by atoms with Crippen LogP contribution in [0.25, 0.3) is 0 Å². The Labute approximate surface area is 313 Å². The van der Waals surface area contributed by atoms with E-state index in [2.05, 4.69) is 31.3 Å². The van der Waals surface area contributed by atoms with E-state index >= 15 is 0 Å². The summed E-state index contributed by atoms with van der Waals surface area (Å²) in [4.78, 5) is 62.4. The minimum atomic E-state index is -1.21. The number of nitrogen functional groups attached to an aromatic ring is 1. The molecular weight excluding hydrogens is 692 g/mol. The number of phenolic OH excluding ortho intramolecular Hbond substituents is 1. The van der Waals surface area contributed by atoms with Gasteiger partial charge in [-0.3, -0.25) is 34.6 Å². The molecule has 3 aromatic carbocycles. The summed E-state index contributed by atoms with van der Waals surface area (Å²) in [5.41, 5.74) is 30.0. The number of guanidine groups is 2. The van der Waals surface area contributed by atoms with Crippen molar-refractivity contribution in [3.8, 4) is 5.75 Å². The minimum absolute atomic E-state index is 0.0125. The number of nitrogens with two attached hydrogens (primary N) is 5. The first kappa shape index (κ1) is 41.8. The second-order valence-corrected chi connectivity index (χ2v) is 12.5. The van der Waals surface area contributed by atoms with Crippen LogP contribution in [-0.2, 0) is 38.6 Å². The van der Waals surface area contributed by atoms with Gasteiger partial charge in [0.05, 0.1) is 6.42 Å². The molecule has 16 N–H and O–H groups in total. The van der Waals surface area contributed by atoms with E-state index in [1.165, 1.54) is 12.1 Å². The standard InChI is InChI=1S/C37H50N12O5/c38-32(39)26-14-10-25(11-15-26)22-46-33(52)28(8-4-18-44-36(40)41)48-35(54)30(20-24-12-16-27(50)17-13-24)49-34(53)29(9-5-19-45-37(42)43)47-31(51)21-23-6-2-1-3-7-23/h1-3,6-7,10-17,28-30,50H,4-5,8-9,18-22H2,(H3,38,39)(H,46,52)(H,47,51)(H,48,54)(H,49,53)(H4,40,41,44)(H4,42,43,45)/t28-,29-,30-/m0/s1. The van der Waals surface area contributed by atoms with Crippen LogP contribution in [0.4, 0.5) is 0 Å². The number of carbonyl (C=O) groups is 4. The van der Waals surface area contributed by atoms with Crippen molar-refractivity contribution in [1.82, 2.24) is 21.3 Å². The molecule has 54 heavy (non-hydrogen) atoms. The van der Waals surface area contributed by atoms with E-state index in [0.717, 1.165) is 11.1 Å². The lowest BCUT2D eigenvalue weighted by atomic mass is 10.0. The molecule has 0 saturated carbocycles. The highest BCUT2D eigenvalue weighted by Crippen LogP contribution is 2.13. The molecule has 0 aromatic heterocycles. The Balaban J connectivity index is 1.83. The number of hydrogen-bond acceptors (Lipinski definition) is 8. The van der Waals surface area contributed by atoms with Crippen LogP contribution < -0.4 is 49.9 Å². The number of carbonyl (C=O) groups excluding carboxylic acids is 4. The summed E-state index contributed by atoms with van der Waals surface area (Å²) < 4.78 is 0. The molecule has 0 saturated heterocycles. The summed E-state index contributed by atoms with van der Waals surface area (Å²) in [6.45, 7) is 0.525. The van der Waals surface area contributed by atoms with Crippen LogP contribution in [0.1, 0.15) is 47.9 Å². The number of amides is 4. The number of aliphatic imine (C=N–C) groups is 2. The van der Waals surface area contributed by atoms with Crippen LogP contribution in [-0.4, -0.2) is 77.7 Å². The van der Waals surface area contributed by atoms with Crippen molar-refractivity contribution < 1.29 is 24.3 Å². The number of nitrogens with one attached hydrogen (secondary N) is 5. The maximum atomic E-state index is 14.0. The molecule has 0 heterocycles. The van der Waals surface area contributed by atoms with E-state index in [4.69, 9.17) is 34.1 Å². The predicted molar refractivity (Wildman–Crippen MR) is 207 cm³/mol. The SMILES string of the molecule is N=C(N)c1ccc(CNC(=O)[C@H](CCCN=C(N)N)NC(=O)[C@H](Cc2ccc(O)cc2)NC(=O)[C@H](CCCN=C(N)N)NC(=O)Cc2ccccc2)cc1. The van der Waals surface area contributed by atoms with Crippen LogP contribution >= 0.6 is 0 Å². The highest BCUT2D eigenvalue weighted by atomic mass is 16.3. The first-order valence-electron chi connectivity index (χ1n) is 17.3. The van der Waals surface area contributed by atoms with Gasteiger partial charge in [-0.25, -0.2) is 0 Å². The van der Waals surface area contributed by atoms with Gasteiger partial charge in [-0.15, -0.1) is 0 Å². The third-order valence-electron chi connectivity index (χ3n) is 8.12. The lowest BCUT2D eigenvalue weighted by molar-refractivity contribution is -0.133. The average molecular weight is 743 g/mol. The summed E-state index contributed by atoms with van der Waals surface area (Å²) in [6, 6.07) is 18.6. The average Bonchev–Trinajstić information content (AvgIpc) is 3.13. The Hall–Kier alpha value is -6.65. The molecule has 3 atom stereocenters. The van der Waals surface area contributed by atoms with Crippen molar-refractivity contribution in [2.75, 3.05) is 13.1 Å². The highest BCUT2D eigenvalue weighted by Gasteiger charge is 2.30. The molecule has 17 heteroatoms. The number of amidine groups is 1. The lowest BCUT2D eigenvalue weighted by Gasteiger charge is -2.26. The molecule has 0 fully saturated rings. The zero-order chi connectivity index (χ0) is 39.5. The normalized spacial score (nSPS) is 12.2. The van der Waals surface area contributed by atoms with E-state index in [1.54, 1.807) is 60.7 Å².